The summed E-state index contributed by atoms with van der Waals surface area (Å²) in [6, 6.07) is 13.4. The Morgan fingerprint density at radius 1 is 1.00 bits per heavy atom. The normalized spacial score (nSPS) is 29.0. The van der Waals surface area contributed by atoms with Crippen LogP contribution in [0.3, 0.4) is 0 Å². The number of imide groups is 1. The zero-order chi connectivity index (χ0) is 22.1. The first kappa shape index (κ1) is 19.6. The predicted octanol–water partition coefficient (Wildman–Crippen LogP) is 2.47. The number of nitrogens with one attached hydrogen (secondary N) is 2. The third-order valence-electron chi connectivity index (χ3n) is 6.81. The lowest BCUT2D eigenvalue weighted by Gasteiger charge is -2.30. The molecule has 31 heavy (non-hydrogen) atoms. The van der Waals surface area contributed by atoms with Crippen LogP contribution in [0.1, 0.15) is 36.7 Å². The van der Waals surface area contributed by atoms with Gasteiger partial charge in [-0.1, -0.05) is 32.0 Å². The molecule has 3 heterocycles. The van der Waals surface area contributed by atoms with Crippen LogP contribution in [0.2, 0.25) is 0 Å². The van der Waals surface area contributed by atoms with Gasteiger partial charge in [0.1, 0.15) is 5.54 Å². The minimum Gasteiger partial charge on any atom is -0.324 e. The fraction of sp³-hybridized carbons (Fsp3) is 0.333. The molecular weight excluding hydrogens is 394 g/mol. The topological polar surface area (TPSA) is 95.6 Å². The SMILES string of the molecule is CC(=O)c1ccc(N2C(=O)[C@@H]3[C@@H](C2=O)[C@]2(N[C@H]3C(C)C)C(=O)Nc3ccccc32)cc1. The van der Waals surface area contributed by atoms with E-state index in [2.05, 4.69) is 10.6 Å². The van der Waals surface area contributed by atoms with Crippen molar-refractivity contribution in [3.63, 3.8) is 0 Å². The van der Waals surface area contributed by atoms with E-state index in [1.807, 2.05) is 32.0 Å². The standard InChI is InChI=1S/C24H23N3O4/c1-12(2)20-18-19(24(26-20)16-6-4-5-7-17(16)25-23(24)31)22(30)27(21(18)29)15-10-8-14(9-11-15)13(3)28/h4-12,18-20,26H,1-3H3,(H,25,31)/t18-,19+,20+,24+/m1/s1. The van der Waals surface area contributed by atoms with Crippen LogP contribution in [0.5, 0.6) is 0 Å². The lowest BCUT2D eigenvalue weighted by atomic mass is 9.76. The Morgan fingerprint density at radius 3 is 2.32 bits per heavy atom. The second-order valence-corrected chi connectivity index (χ2v) is 8.84. The Balaban J connectivity index is 1.64. The second-order valence-electron chi connectivity index (χ2n) is 8.84. The van der Waals surface area contributed by atoms with Gasteiger partial charge >= 0.3 is 0 Å². The van der Waals surface area contributed by atoms with Gasteiger partial charge in [-0.3, -0.25) is 24.5 Å². The highest BCUT2D eigenvalue weighted by molar-refractivity contribution is 6.25. The minimum absolute atomic E-state index is 0.0317. The largest absolute Gasteiger partial charge is 0.324 e. The van der Waals surface area contributed by atoms with E-state index in [4.69, 9.17) is 0 Å². The number of para-hydroxylation sites is 1. The van der Waals surface area contributed by atoms with Crippen LogP contribution in [0.15, 0.2) is 48.5 Å². The molecule has 1 spiro atoms. The molecule has 7 heteroatoms. The molecule has 5 rings (SSSR count). The lowest BCUT2D eigenvalue weighted by molar-refractivity contribution is -0.130. The molecule has 3 aliphatic rings. The summed E-state index contributed by atoms with van der Waals surface area (Å²) in [5.74, 6) is -2.57. The first-order valence-corrected chi connectivity index (χ1v) is 10.4. The minimum atomic E-state index is -1.28. The van der Waals surface area contributed by atoms with E-state index in [0.29, 0.717) is 22.5 Å². The van der Waals surface area contributed by atoms with Gasteiger partial charge in [-0.15, -0.1) is 0 Å². The molecule has 0 saturated carbocycles. The molecule has 2 N–H and O–H groups in total. The molecule has 0 unspecified atom stereocenters. The molecule has 4 atom stereocenters. The third-order valence-corrected chi connectivity index (χ3v) is 6.81. The predicted molar refractivity (Wildman–Crippen MR) is 114 cm³/mol. The Labute approximate surface area is 179 Å². The summed E-state index contributed by atoms with van der Waals surface area (Å²) >= 11 is 0. The van der Waals surface area contributed by atoms with Crippen LogP contribution < -0.4 is 15.5 Å². The summed E-state index contributed by atoms with van der Waals surface area (Å²) in [4.78, 5) is 53.4. The van der Waals surface area contributed by atoms with Gasteiger partial charge < -0.3 is 5.32 Å². The van der Waals surface area contributed by atoms with Crippen molar-refractivity contribution in [3.8, 4) is 0 Å². The Morgan fingerprint density at radius 2 is 1.68 bits per heavy atom. The van der Waals surface area contributed by atoms with Crippen LogP contribution >= 0.6 is 0 Å². The summed E-state index contributed by atoms with van der Waals surface area (Å²) in [6.45, 7) is 5.42. The molecule has 0 aromatic heterocycles. The molecule has 0 radical (unpaired) electrons. The molecule has 0 aliphatic carbocycles. The average Bonchev–Trinajstić information content (AvgIpc) is 3.33. The molecule has 3 aliphatic heterocycles. The zero-order valence-corrected chi connectivity index (χ0v) is 17.5. The molecule has 2 fully saturated rings. The number of rotatable bonds is 3. The average molecular weight is 417 g/mol. The number of benzene rings is 2. The van der Waals surface area contributed by atoms with Crippen molar-refractivity contribution >= 4 is 34.9 Å². The van der Waals surface area contributed by atoms with Gasteiger partial charge in [0.05, 0.1) is 17.5 Å². The number of anilines is 2. The van der Waals surface area contributed by atoms with Crippen molar-refractivity contribution in [2.45, 2.75) is 32.4 Å². The third kappa shape index (κ3) is 2.50. The first-order valence-electron chi connectivity index (χ1n) is 10.4. The van der Waals surface area contributed by atoms with Gasteiger partial charge in [-0.25, -0.2) is 4.90 Å². The summed E-state index contributed by atoms with van der Waals surface area (Å²) in [5.41, 5.74) is 1.00. The van der Waals surface area contributed by atoms with E-state index in [0.717, 1.165) is 0 Å². The van der Waals surface area contributed by atoms with Gasteiger partial charge in [0.25, 0.3) is 0 Å². The van der Waals surface area contributed by atoms with Crippen molar-refractivity contribution in [1.82, 2.24) is 5.32 Å². The number of ketones is 1. The van der Waals surface area contributed by atoms with Crippen molar-refractivity contribution in [2.24, 2.45) is 17.8 Å². The summed E-state index contributed by atoms with van der Waals surface area (Å²) in [7, 11) is 0. The van der Waals surface area contributed by atoms with E-state index in [1.54, 1.807) is 30.3 Å². The number of hydrogen-bond donors (Lipinski definition) is 2. The van der Waals surface area contributed by atoms with Gasteiger partial charge in [0, 0.05) is 22.9 Å². The summed E-state index contributed by atoms with van der Waals surface area (Å²) < 4.78 is 0. The van der Waals surface area contributed by atoms with Crippen LogP contribution in [0.4, 0.5) is 11.4 Å². The number of amides is 3. The Bertz CT molecular complexity index is 1140. The van der Waals surface area contributed by atoms with Crippen molar-refractivity contribution in [3.05, 3.63) is 59.7 Å². The molecular formula is C24H23N3O4. The number of nitrogens with zero attached hydrogens (tertiary/aromatic N) is 1. The molecule has 7 nitrogen and oxygen atoms in total. The fourth-order valence-corrected chi connectivity index (χ4v) is 5.36. The summed E-state index contributed by atoms with van der Waals surface area (Å²) in [5, 5.41) is 6.30. The van der Waals surface area contributed by atoms with E-state index < -0.39 is 23.3 Å². The number of fused-ring (bicyclic) bond motifs is 4. The smallest absolute Gasteiger partial charge is 0.250 e. The van der Waals surface area contributed by atoms with E-state index in [1.165, 1.54) is 11.8 Å². The monoisotopic (exact) mass is 417 g/mol. The van der Waals surface area contributed by atoms with Gasteiger partial charge in [0.2, 0.25) is 17.7 Å². The van der Waals surface area contributed by atoms with Crippen molar-refractivity contribution in [2.75, 3.05) is 10.2 Å². The maximum atomic E-state index is 13.7. The number of carbonyl (C=O) groups is 4. The molecule has 2 aromatic rings. The van der Waals surface area contributed by atoms with E-state index in [9.17, 15) is 19.2 Å². The van der Waals surface area contributed by atoms with E-state index in [-0.39, 0.29) is 29.6 Å². The Hall–Kier alpha value is -3.32. The van der Waals surface area contributed by atoms with Crippen LogP contribution in [-0.4, -0.2) is 29.5 Å². The highest BCUT2D eigenvalue weighted by Gasteiger charge is 2.70. The van der Waals surface area contributed by atoms with E-state index >= 15 is 0 Å². The van der Waals surface area contributed by atoms with Gasteiger partial charge in [-0.05, 0) is 43.2 Å². The van der Waals surface area contributed by atoms with Gasteiger partial charge in [-0.2, -0.15) is 0 Å². The maximum absolute atomic E-state index is 13.7. The molecule has 158 valence electrons. The maximum Gasteiger partial charge on any atom is 0.250 e. The Kier molecular flexibility index (Phi) is 4.17. The molecule has 2 saturated heterocycles. The first-order chi connectivity index (χ1) is 14.8. The zero-order valence-electron chi connectivity index (χ0n) is 17.5. The molecule has 0 bridgehead atoms. The van der Waals surface area contributed by atoms with Crippen molar-refractivity contribution in [1.29, 1.82) is 0 Å². The number of Topliss-reactive ketones (excluding diaryl/α,β-unsaturated/α-hetero) is 1. The fourth-order valence-electron chi connectivity index (χ4n) is 5.36. The van der Waals surface area contributed by atoms with Crippen LogP contribution in [-0.2, 0) is 19.9 Å². The van der Waals surface area contributed by atoms with Crippen molar-refractivity contribution < 1.29 is 19.2 Å². The van der Waals surface area contributed by atoms with Crippen LogP contribution in [0, 0.1) is 17.8 Å². The highest BCUT2D eigenvalue weighted by Crippen LogP contribution is 2.54. The van der Waals surface area contributed by atoms with Crippen LogP contribution in [0.25, 0.3) is 0 Å². The number of hydrogen-bond acceptors (Lipinski definition) is 5. The quantitative estimate of drug-likeness (QED) is 0.591. The molecule has 2 aromatic carbocycles. The number of carbonyl (C=O) groups excluding carboxylic acids is 4. The van der Waals surface area contributed by atoms with Gasteiger partial charge in [0.15, 0.2) is 5.78 Å². The highest BCUT2D eigenvalue weighted by atomic mass is 16.2. The second kappa shape index (κ2) is 6.59. The summed E-state index contributed by atoms with van der Waals surface area (Å²) in [6.07, 6.45) is 0. The molecule has 3 amide bonds. The lowest BCUT2D eigenvalue weighted by Crippen LogP contribution is -2.54.